The molecule has 5 rings (SSSR count). The topological polar surface area (TPSA) is 92.6 Å². The van der Waals surface area contributed by atoms with Crippen molar-refractivity contribution in [3.8, 4) is 5.75 Å². The molecule has 7 nitrogen and oxygen atoms in total. The first kappa shape index (κ1) is 21.8. The summed E-state index contributed by atoms with van der Waals surface area (Å²) in [5.41, 5.74) is 2.78. The van der Waals surface area contributed by atoms with Crippen molar-refractivity contribution in [2.75, 3.05) is 11.5 Å². The number of amides is 1. The smallest absolute Gasteiger partial charge is 0.301 e. The average Bonchev–Trinajstić information content (AvgIpc) is 3.38. The van der Waals surface area contributed by atoms with Gasteiger partial charge in [-0.1, -0.05) is 47.2 Å². The maximum Gasteiger partial charge on any atom is 0.301 e. The van der Waals surface area contributed by atoms with E-state index in [1.165, 1.54) is 16.2 Å². The van der Waals surface area contributed by atoms with Gasteiger partial charge in [0.15, 0.2) is 5.13 Å². The summed E-state index contributed by atoms with van der Waals surface area (Å²) in [5, 5.41) is 11.5. The number of anilines is 1. The molecular weight excluding hydrogens is 450 g/mol. The summed E-state index contributed by atoms with van der Waals surface area (Å²) in [4.78, 5) is 36.7. The second kappa shape index (κ2) is 8.72. The molecule has 0 radical (unpaired) electrons. The second-order valence-corrected chi connectivity index (χ2v) is 8.89. The van der Waals surface area contributed by atoms with Crippen LogP contribution in [0.15, 0.2) is 72.6 Å². The van der Waals surface area contributed by atoms with Crippen molar-refractivity contribution >= 4 is 44.1 Å². The molecule has 1 N–H and O–H groups in total. The molecule has 0 aliphatic carbocycles. The van der Waals surface area contributed by atoms with E-state index in [0.29, 0.717) is 34.1 Å². The molecule has 0 bridgehead atoms. The number of rotatable bonds is 5. The Labute approximate surface area is 200 Å². The maximum absolute atomic E-state index is 13.3. The van der Waals surface area contributed by atoms with Crippen LogP contribution in [0.1, 0.15) is 29.7 Å². The van der Waals surface area contributed by atoms with Crippen molar-refractivity contribution < 1.29 is 19.4 Å². The van der Waals surface area contributed by atoms with E-state index in [0.717, 1.165) is 10.3 Å². The van der Waals surface area contributed by atoms with Crippen LogP contribution in [0.3, 0.4) is 0 Å². The van der Waals surface area contributed by atoms with Gasteiger partial charge in [-0.25, -0.2) is 4.98 Å². The highest BCUT2D eigenvalue weighted by molar-refractivity contribution is 7.22. The fourth-order valence-electron chi connectivity index (χ4n) is 4.00. The number of carbonyl (C=O) groups is 2. The van der Waals surface area contributed by atoms with Crippen molar-refractivity contribution in [3.63, 3.8) is 0 Å². The van der Waals surface area contributed by atoms with Crippen LogP contribution in [0.25, 0.3) is 16.0 Å². The fourth-order valence-corrected chi connectivity index (χ4v) is 5.02. The molecule has 1 saturated heterocycles. The molecule has 1 unspecified atom stereocenters. The molecule has 3 heterocycles. The predicted octanol–water partition coefficient (Wildman–Crippen LogP) is 5.02. The molecule has 1 fully saturated rings. The average molecular weight is 472 g/mol. The summed E-state index contributed by atoms with van der Waals surface area (Å²) in [5.74, 6) is -1.03. The summed E-state index contributed by atoms with van der Waals surface area (Å²) < 4.78 is 6.40. The molecule has 8 heteroatoms. The fraction of sp³-hybridized carbons (Fsp3) is 0.154. The molecule has 1 atom stereocenters. The molecule has 0 spiro atoms. The van der Waals surface area contributed by atoms with Crippen molar-refractivity contribution in [1.82, 2.24) is 9.97 Å². The summed E-state index contributed by atoms with van der Waals surface area (Å²) in [6, 6.07) is 15.3. The van der Waals surface area contributed by atoms with Gasteiger partial charge in [-0.3, -0.25) is 19.5 Å². The first-order chi connectivity index (χ1) is 16.5. The summed E-state index contributed by atoms with van der Waals surface area (Å²) in [7, 11) is 0. The molecule has 1 aliphatic heterocycles. The number of fused-ring (bicyclic) bond motifs is 1. The van der Waals surface area contributed by atoms with Crippen molar-refractivity contribution in [3.05, 3.63) is 89.3 Å². The van der Waals surface area contributed by atoms with Crippen LogP contribution in [0.2, 0.25) is 0 Å². The van der Waals surface area contributed by atoms with Gasteiger partial charge in [0, 0.05) is 18.0 Å². The van der Waals surface area contributed by atoms with Crippen LogP contribution in [0, 0.1) is 6.92 Å². The molecule has 2 aromatic carbocycles. The van der Waals surface area contributed by atoms with Gasteiger partial charge in [0.05, 0.1) is 28.4 Å². The lowest BCUT2D eigenvalue weighted by molar-refractivity contribution is -0.132. The highest BCUT2D eigenvalue weighted by atomic mass is 32.1. The number of aliphatic hydroxyl groups is 1. The number of hydrogen-bond donors (Lipinski definition) is 1. The zero-order valence-electron chi connectivity index (χ0n) is 18.6. The number of aryl methyl sites for hydroxylation is 1. The molecule has 1 aliphatic rings. The Balaban J connectivity index is 1.68. The third-order valence-corrected chi connectivity index (χ3v) is 6.65. The Morgan fingerprint density at radius 3 is 2.65 bits per heavy atom. The molecule has 0 saturated carbocycles. The van der Waals surface area contributed by atoms with Crippen molar-refractivity contribution in [2.45, 2.75) is 19.9 Å². The summed E-state index contributed by atoms with van der Waals surface area (Å²) in [6.07, 6.45) is 3.20. The van der Waals surface area contributed by atoms with Crippen LogP contribution >= 0.6 is 11.3 Å². The Kier molecular flexibility index (Phi) is 5.59. The zero-order valence-corrected chi connectivity index (χ0v) is 19.4. The maximum atomic E-state index is 13.3. The first-order valence-corrected chi connectivity index (χ1v) is 11.6. The number of ether oxygens (including phenoxy) is 1. The van der Waals surface area contributed by atoms with E-state index in [1.54, 1.807) is 36.7 Å². The van der Waals surface area contributed by atoms with Crippen LogP contribution in [0.4, 0.5) is 5.13 Å². The highest BCUT2D eigenvalue weighted by Gasteiger charge is 2.48. The van der Waals surface area contributed by atoms with E-state index in [4.69, 9.17) is 4.74 Å². The Bertz CT molecular complexity index is 1430. The first-order valence-electron chi connectivity index (χ1n) is 10.8. The quantitative estimate of drug-likeness (QED) is 0.249. The third-order valence-electron chi connectivity index (χ3n) is 5.64. The number of nitrogens with zero attached hydrogens (tertiary/aromatic N) is 3. The number of hydrogen-bond acceptors (Lipinski definition) is 7. The van der Waals surface area contributed by atoms with Gasteiger partial charge < -0.3 is 9.84 Å². The Morgan fingerprint density at radius 1 is 1.15 bits per heavy atom. The third kappa shape index (κ3) is 3.72. The van der Waals surface area contributed by atoms with E-state index in [1.807, 2.05) is 44.2 Å². The Morgan fingerprint density at radius 2 is 1.94 bits per heavy atom. The number of aliphatic hydroxyl groups excluding tert-OH is 1. The lowest BCUT2D eigenvalue weighted by atomic mass is 9.96. The van der Waals surface area contributed by atoms with Gasteiger partial charge in [0.25, 0.3) is 5.78 Å². The lowest BCUT2D eigenvalue weighted by Crippen LogP contribution is -2.29. The van der Waals surface area contributed by atoms with Gasteiger partial charge in [0.1, 0.15) is 11.5 Å². The largest absolute Gasteiger partial charge is 0.507 e. The number of aromatic nitrogens is 2. The van der Waals surface area contributed by atoms with Gasteiger partial charge in [-0.05, 0) is 43.7 Å². The number of benzene rings is 2. The summed E-state index contributed by atoms with van der Waals surface area (Å²) in [6.45, 7) is 4.37. The van der Waals surface area contributed by atoms with Gasteiger partial charge in [-0.15, -0.1) is 0 Å². The monoisotopic (exact) mass is 471 g/mol. The zero-order chi connectivity index (χ0) is 23.8. The van der Waals surface area contributed by atoms with Crippen LogP contribution in [0.5, 0.6) is 5.75 Å². The normalized spacial score (nSPS) is 17.5. The number of Topliss-reactive ketones (excluding diaryl/α,β-unsaturated/α-hetero) is 1. The Hall–Kier alpha value is -4.04. The lowest BCUT2D eigenvalue weighted by Gasteiger charge is -2.22. The number of ketones is 1. The predicted molar refractivity (Wildman–Crippen MR) is 131 cm³/mol. The molecular formula is C26H21N3O4S. The highest BCUT2D eigenvalue weighted by Crippen LogP contribution is 2.44. The van der Waals surface area contributed by atoms with E-state index < -0.39 is 17.7 Å². The minimum atomic E-state index is -0.859. The van der Waals surface area contributed by atoms with Crippen LogP contribution in [-0.4, -0.2) is 33.4 Å². The molecule has 1 amide bonds. The van der Waals surface area contributed by atoms with E-state index in [-0.39, 0.29) is 11.3 Å². The minimum absolute atomic E-state index is 0.0103. The van der Waals surface area contributed by atoms with E-state index in [2.05, 4.69) is 9.97 Å². The standard InChI is InChI=1S/C26H21N3O4S/c1-3-33-18-10-11-19-20(13-18)34-26(28-19)29-22(17-5-4-12-27-14-17)21(24(31)25(29)32)23(30)16-8-6-15(2)7-9-16/h4-14,22,30H,3H2,1-2H3/b23-21+. The number of thiazole rings is 1. The minimum Gasteiger partial charge on any atom is -0.507 e. The van der Waals surface area contributed by atoms with Gasteiger partial charge in [0.2, 0.25) is 0 Å². The molecule has 2 aromatic heterocycles. The van der Waals surface area contributed by atoms with Crippen molar-refractivity contribution in [2.24, 2.45) is 0 Å². The second-order valence-electron chi connectivity index (χ2n) is 7.88. The SMILES string of the molecule is CCOc1ccc2nc(N3C(=O)C(=O)/C(=C(/O)c4ccc(C)cc4)C3c3cccnc3)sc2c1. The number of carbonyl (C=O) groups excluding carboxylic acids is 2. The molecule has 4 aromatic rings. The van der Waals surface area contributed by atoms with Gasteiger partial charge >= 0.3 is 5.91 Å². The van der Waals surface area contributed by atoms with Crippen molar-refractivity contribution in [1.29, 1.82) is 0 Å². The van der Waals surface area contributed by atoms with Crippen LogP contribution < -0.4 is 9.64 Å². The molecule has 34 heavy (non-hydrogen) atoms. The summed E-state index contributed by atoms with van der Waals surface area (Å²) >= 11 is 1.29. The van der Waals surface area contributed by atoms with Crippen LogP contribution in [-0.2, 0) is 9.59 Å². The van der Waals surface area contributed by atoms with Gasteiger partial charge in [-0.2, -0.15) is 0 Å². The number of pyridine rings is 1. The van der Waals surface area contributed by atoms with E-state index >= 15 is 0 Å². The molecule has 170 valence electrons. The van der Waals surface area contributed by atoms with E-state index in [9.17, 15) is 14.7 Å².